The molecule has 6 nitrogen and oxygen atoms in total. The third kappa shape index (κ3) is 3.16. The molecule has 2 heterocycles. The Hall–Kier alpha value is -2.88. The third-order valence-electron chi connectivity index (χ3n) is 3.92. The van der Waals surface area contributed by atoms with Gasteiger partial charge in [0.1, 0.15) is 11.5 Å². The van der Waals surface area contributed by atoms with E-state index < -0.39 is 5.82 Å². The molecule has 3 rings (SSSR count). The van der Waals surface area contributed by atoms with Gasteiger partial charge in [-0.25, -0.2) is 9.07 Å². The molecule has 1 aromatic heterocycles. The van der Waals surface area contributed by atoms with E-state index in [9.17, 15) is 9.18 Å². The van der Waals surface area contributed by atoms with E-state index >= 15 is 0 Å². The number of carbonyl (C=O) groups excluding carboxylic acids is 1. The van der Waals surface area contributed by atoms with Crippen molar-refractivity contribution in [2.75, 3.05) is 13.1 Å². The van der Waals surface area contributed by atoms with Crippen molar-refractivity contribution in [2.45, 2.75) is 18.9 Å². The van der Waals surface area contributed by atoms with E-state index in [1.807, 2.05) is 0 Å². The quantitative estimate of drug-likeness (QED) is 0.872. The highest BCUT2D eigenvalue weighted by molar-refractivity contribution is 5.92. The Labute approximate surface area is 133 Å². The number of aromatic nitrogens is 2. The molecule has 1 saturated heterocycles. The molecule has 1 aromatic carbocycles. The van der Waals surface area contributed by atoms with Gasteiger partial charge in [0, 0.05) is 19.3 Å². The van der Waals surface area contributed by atoms with Gasteiger partial charge in [-0.2, -0.15) is 10.4 Å². The summed E-state index contributed by atoms with van der Waals surface area (Å²) in [6.45, 7) is 1.14. The fourth-order valence-corrected chi connectivity index (χ4v) is 2.70. The van der Waals surface area contributed by atoms with Crippen LogP contribution in [-0.2, 0) is 0 Å². The second-order valence-electron chi connectivity index (χ2n) is 5.40. The lowest BCUT2D eigenvalue weighted by atomic mass is 10.2. The Morgan fingerprint density at radius 3 is 3.04 bits per heavy atom. The predicted octanol–water partition coefficient (Wildman–Crippen LogP) is 1.69. The van der Waals surface area contributed by atoms with Crippen molar-refractivity contribution >= 4 is 5.91 Å². The zero-order chi connectivity index (χ0) is 16.2. The normalized spacial score (nSPS) is 17.0. The highest BCUT2D eigenvalue weighted by Gasteiger charge is 2.24. The molecule has 7 heteroatoms. The van der Waals surface area contributed by atoms with Gasteiger partial charge in [-0.3, -0.25) is 4.79 Å². The molecular weight excluding hydrogens is 297 g/mol. The topological polar surface area (TPSA) is 74.0 Å². The molecule has 1 atom stereocenters. The highest BCUT2D eigenvalue weighted by Crippen LogP contribution is 2.15. The molecule has 0 saturated carbocycles. The maximum atomic E-state index is 13.7. The SMILES string of the molecule is N#CN1CCCC1CNC(=O)c1ccn(-c2ccccc2F)n1. The van der Waals surface area contributed by atoms with Gasteiger partial charge in [0.05, 0.1) is 6.04 Å². The number of para-hydroxylation sites is 1. The zero-order valence-electron chi connectivity index (χ0n) is 12.4. The number of nitrogens with zero attached hydrogens (tertiary/aromatic N) is 4. The van der Waals surface area contributed by atoms with Crippen LogP contribution in [0.1, 0.15) is 23.3 Å². The van der Waals surface area contributed by atoms with Crippen LogP contribution in [0.2, 0.25) is 0 Å². The Bertz CT molecular complexity index is 751. The maximum Gasteiger partial charge on any atom is 0.271 e. The summed E-state index contributed by atoms with van der Waals surface area (Å²) in [7, 11) is 0. The summed E-state index contributed by atoms with van der Waals surface area (Å²) in [5.41, 5.74) is 0.507. The van der Waals surface area contributed by atoms with Crippen LogP contribution >= 0.6 is 0 Å². The molecular formula is C16H16FN5O. The largest absolute Gasteiger partial charge is 0.349 e. The lowest BCUT2D eigenvalue weighted by Gasteiger charge is -2.18. The van der Waals surface area contributed by atoms with Gasteiger partial charge in [-0.1, -0.05) is 12.1 Å². The minimum absolute atomic E-state index is 0.0394. The van der Waals surface area contributed by atoms with Crippen LogP contribution in [0.25, 0.3) is 5.69 Å². The molecule has 1 aliphatic heterocycles. The van der Waals surface area contributed by atoms with Gasteiger partial charge in [-0.05, 0) is 31.0 Å². The van der Waals surface area contributed by atoms with Crippen molar-refractivity contribution in [3.63, 3.8) is 0 Å². The minimum atomic E-state index is -0.404. The number of carbonyl (C=O) groups is 1. The molecule has 23 heavy (non-hydrogen) atoms. The average Bonchev–Trinajstić information content (AvgIpc) is 3.22. The first kappa shape index (κ1) is 15.0. The van der Waals surface area contributed by atoms with Crippen LogP contribution in [0.15, 0.2) is 36.5 Å². The van der Waals surface area contributed by atoms with Crippen LogP contribution < -0.4 is 5.32 Å². The van der Waals surface area contributed by atoms with Gasteiger partial charge < -0.3 is 10.2 Å². The second-order valence-corrected chi connectivity index (χ2v) is 5.40. The van der Waals surface area contributed by atoms with E-state index in [1.165, 1.54) is 10.7 Å². The average molecular weight is 313 g/mol. The first-order valence-corrected chi connectivity index (χ1v) is 7.44. The van der Waals surface area contributed by atoms with Gasteiger partial charge in [-0.15, -0.1) is 0 Å². The molecule has 1 fully saturated rings. The monoisotopic (exact) mass is 313 g/mol. The van der Waals surface area contributed by atoms with Crippen molar-refractivity contribution in [3.05, 3.63) is 48.0 Å². The van der Waals surface area contributed by atoms with Crippen LogP contribution in [0.5, 0.6) is 0 Å². The molecule has 1 unspecified atom stereocenters. The fraction of sp³-hybridized carbons (Fsp3) is 0.312. The lowest BCUT2D eigenvalue weighted by Crippen LogP contribution is -2.38. The van der Waals surface area contributed by atoms with Crippen molar-refractivity contribution < 1.29 is 9.18 Å². The number of amides is 1. The summed E-state index contributed by atoms with van der Waals surface area (Å²) in [4.78, 5) is 13.8. The standard InChI is InChI=1S/C16H16FN5O/c17-13-5-1-2-6-15(13)22-9-7-14(20-22)16(23)19-10-12-4-3-8-21(12)11-18/h1-2,5-7,9,12H,3-4,8,10H2,(H,19,23). The second kappa shape index (κ2) is 6.48. The van der Waals surface area contributed by atoms with Crippen molar-refractivity contribution in [3.8, 4) is 11.9 Å². The van der Waals surface area contributed by atoms with Gasteiger partial charge in [0.2, 0.25) is 0 Å². The minimum Gasteiger partial charge on any atom is -0.349 e. The van der Waals surface area contributed by atoms with E-state index in [0.29, 0.717) is 6.54 Å². The molecule has 0 spiro atoms. The third-order valence-corrected chi connectivity index (χ3v) is 3.92. The lowest BCUT2D eigenvalue weighted by molar-refractivity contribution is 0.0940. The van der Waals surface area contributed by atoms with Crippen LogP contribution in [0.3, 0.4) is 0 Å². The van der Waals surface area contributed by atoms with E-state index in [1.54, 1.807) is 35.4 Å². The summed E-state index contributed by atoms with van der Waals surface area (Å²) in [6.07, 6.45) is 5.52. The number of nitriles is 1. The number of halogens is 1. The first-order valence-electron chi connectivity index (χ1n) is 7.44. The summed E-state index contributed by atoms with van der Waals surface area (Å²) in [5.74, 6) is -0.733. The maximum absolute atomic E-state index is 13.7. The summed E-state index contributed by atoms with van der Waals surface area (Å²) >= 11 is 0. The van der Waals surface area contributed by atoms with Crippen LogP contribution in [0, 0.1) is 17.3 Å². The first-order chi connectivity index (χ1) is 11.2. The Kier molecular flexibility index (Phi) is 4.24. The number of likely N-dealkylation sites (tertiary alicyclic amines) is 1. The molecule has 0 bridgehead atoms. The number of benzene rings is 1. The molecule has 1 N–H and O–H groups in total. The summed E-state index contributed by atoms with van der Waals surface area (Å²) in [6, 6.07) is 7.81. The van der Waals surface area contributed by atoms with E-state index in [-0.39, 0.29) is 23.3 Å². The van der Waals surface area contributed by atoms with Crippen molar-refractivity contribution in [1.29, 1.82) is 5.26 Å². The van der Waals surface area contributed by atoms with Crippen molar-refractivity contribution in [2.24, 2.45) is 0 Å². The fourth-order valence-electron chi connectivity index (χ4n) is 2.70. The Morgan fingerprint density at radius 2 is 2.26 bits per heavy atom. The molecule has 1 aliphatic rings. The number of rotatable bonds is 4. The van der Waals surface area contributed by atoms with Gasteiger partial charge >= 0.3 is 0 Å². The molecule has 0 radical (unpaired) electrons. The molecule has 2 aromatic rings. The summed E-state index contributed by atoms with van der Waals surface area (Å²) in [5, 5.41) is 15.9. The highest BCUT2D eigenvalue weighted by atomic mass is 19.1. The van der Waals surface area contributed by atoms with E-state index in [0.717, 1.165) is 19.4 Å². The molecule has 118 valence electrons. The smallest absolute Gasteiger partial charge is 0.271 e. The van der Waals surface area contributed by atoms with Gasteiger partial charge in [0.25, 0.3) is 5.91 Å². The number of hydrogen-bond donors (Lipinski definition) is 1. The molecule has 1 amide bonds. The predicted molar refractivity (Wildman–Crippen MR) is 81.2 cm³/mol. The van der Waals surface area contributed by atoms with Crippen LogP contribution in [-0.4, -0.2) is 39.7 Å². The van der Waals surface area contributed by atoms with Crippen molar-refractivity contribution in [1.82, 2.24) is 20.0 Å². The zero-order valence-corrected chi connectivity index (χ0v) is 12.4. The van der Waals surface area contributed by atoms with Crippen LogP contribution in [0.4, 0.5) is 4.39 Å². The Balaban J connectivity index is 1.65. The van der Waals surface area contributed by atoms with E-state index in [2.05, 4.69) is 16.6 Å². The number of hydrogen-bond acceptors (Lipinski definition) is 4. The van der Waals surface area contributed by atoms with E-state index in [4.69, 9.17) is 5.26 Å². The summed E-state index contributed by atoms with van der Waals surface area (Å²) < 4.78 is 15.1. The van der Waals surface area contributed by atoms with Gasteiger partial charge in [0.15, 0.2) is 11.9 Å². The Morgan fingerprint density at radius 1 is 1.43 bits per heavy atom. The molecule has 0 aliphatic carbocycles. The number of nitrogens with one attached hydrogen (secondary N) is 1.